The van der Waals surface area contributed by atoms with Crippen LogP contribution in [0.2, 0.25) is 0 Å². The van der Waals surface area contributed by atoms with Crippen molar-refractivity contribution in [1.82, 2.24) is 19.0 Å². The highest BCUT2D eigenvalue weighted by atomic mass is 32.2. The number of nitrogens with one attached hydrogen (secondary N) is 1. The zero-order chi connectivity index (χ0) is 13.3. The average Bonchev–Trinajstić information content (AvgIpc) is 3.09. The second-order valence-corrected chi connectivity index (χ2v) is 6.69. The van der Waals surface area contributed by atoms with Crippen LogP contribution in [0.3, 0.4) is 0 Å². The Labute approximate surface area is 108 Å². The van der Waals surface area contributed by atoms with Crippen LogP contribution in [0.5, 0.6) is 0 Å². The summed E-state index contributed by atoms with van der Waals surface area (Å²) < 4.78 is 27.6. The molecule has 1 aliphatic rings. The second-order valence-electron chi connectivity index (χ2n) is 4.78. The first-order valence-corrected chi connectivity index (χ1v) is 7.33. The SMILES string of the molecule is Cc1ccnc(C(NS(=O)(=O)N(C)C)C2CC2)n1. The lowest BCUT2D eigenvalue weighted by molar-refractivity contribution is 0.465. The molecular weight excluding hydrogens is 252 g/mol. The lowest BCUT2D eigenvalue weighted by atomic mass is 10.2. The molecule has 1 aliphatic carbocycles. The summed E-state index contributed by atoms with van der Waals surface area (Å²) in [6, 6.07) is 1.48. The van der Waals surface area contributed by atoms with Crippen LogP contribution in [0.15, 0.2) is 12.3 Å². The van der Waals surface area contributed by atoms with Gasteiger partial charge in [0.2, 0.25) is 0 Å². The van der Waals surface area contributed by atoms with Gasteiger partial charge in [-0.3, -0.25) is 0 Å². The first-order valence-electron chi connectivity index (χ1n) is 5.89. The molecule has 0 radical (unpaired) electrons. The van der Waals surface area contributed by atoms with E-state index < -0.39 is 10.2 Å². The molecule has 2 rings (SSSR count). The van der Waals surface area contributed by atoms with Crippen LogP contribution < -0.4 is 4.72 Å². The summed E-state index contributed by atoms with van der Waals surface area (Å²) in [7, 11) is -0.453. The lowest BCUT2D eigenvalue weighted by Crippen LogP contribution is -2.39. The van der Waals surface area contributed by atoms with Crippen LogP contribution in [0.25, 0.3) is 0 Å². The van der Waals surface area contributed by atoms with Crippen molar-refractivity contribution in [2.24, 2.45) is 5.92 Å². The highest BCUT2D eigenvalue weighted by Gasteiger charge is 2.37. The highest BCUT2D eigenvalue weighted by Crippen LogP contribution is 2.40. The van der Waals surface area contributed by atoms with Crippen molar-refractivity contribution in [1.29, 1.82) is 0 Å². The predicted octanol–water partition coefficient (Wildman–Crippen LogP) is 0.632. The fraction of sp³-hybridized carbons (Fsp3) is 0.636. The van der Waals surface area contributed by atoms with E-state index in [0.29, 0.717) is 11.7 Å². The first-order chi connectivity index (χ1) is 8.40. The Balaban J connectivity index is 2.25. The third-order valence-corrected chi connectivity index (χ3v) is 4.45. The van der Waals surface area contributed by atoms with Crippen LogP contribution >= 0.6 is 0 Å². The summed E-state index contributed by atoms with van der Waals surface area (Å²) in [4.78, 5) is 8.51. The summed E-state index contributed by atoms with van der Waals surface area (Å²) in [5.74, 6) is 0.865. The first kappa shape index (κ1) is 13.4. The molecule has 6 nitrogen and oxygen atoms in total. The van der Waals surface area contributed by atoms with Crippen LogP contribution in [-0.4, -0.2) is 36.8 Å². The summed E-state index contributed by atoms with van der Waals surface area (Å²) >= 11 is 0. The topological polar surface area (TPSA) is 75.2 Å². The fourth-order valence-corrected chi connectivity index (χ4v) is 2.50. The second kappa shape index (κ2) is 4.91. The van der Waals surface area contributed by atoms with E-state index in [1.165, 1.54) is 14.1 Å². The predicted molar refractivity (Wildman–Crippen MR) is 68.0 cm³/mol. The van der Waals surface area contributed by atoms with Gasteiger partial charge in [-0.15, -0.1) is 0 Å². The molecule has 1 atom stereocenters. The number of hydrogen-bond acceptors (Lipinski definition) is 4. The van der Waals surface area contributed by atoms with Gasteiger partial charge in [0.15, 0.2) is 0 Å². The van der Waals surface area contributed by atoms with Gasteiger partial charge in [-0.05, 0) is 31.7 Å². The molecular formula is C11H18N4O2S. The molecule has 1 saturated carbocycles. The van der Waals surface area contributed by atoms with Crippen molar-refractivity contribution >= 4 is 10.2 Å². The largest absolute Gasteiger partial charge is 0.279 e. The van der Waals surface area contributed by atoms with Gasteiger partial charge in [0.05, 0.1) is 6.04 Å². The molecule has 0 saturated heterocycles. The minimum atomic E-state index is -3.46. The number of hydrogen-bond donors (Lipinski definition) is 1. The Morgan fingerprint density at radius 3 is 2.61 bits per heavy atom. The Bertz CT molecular complexity index is 526. The summed E-state index contributed by atoms with van der Waals surface area (Å²) in [6.45, 7) is 1.87. The summed E-state index contributed by atoms with van der Waals surface area (Å²) in [6.07, 6.45) is 3.69. The smallest absolute Gasteiger partial charge is 0.240 e. The van der Waals surface area contributed by atoms with Gasteiger partial charge in [0.1, 0.15) is 5.82 Å². The van der Waals surface area contributed by atoms with E-state index in [1.54, 1.807) is 12.3 Å². The molecule has 0 aromatic carbocycles. The maximum absolute atomic E-state index is 11.9. The van der Waals surface area contributed by atoms with E-state index in [0.717, 1.165) is 22.8 Å². The van der Waals surface area contributed by atoms with Crippen LogP contribution in [-0.2, 0) is 10.2 Å². The average molecular weight is 270 g/mol. The van der Waals surface area contributed by atoms with Crippen molar-refractivity contribution in [3.05, 3.63) is 23.8 Å². The maximum atomic E-state index is 11.9. The molecule has 0 aliphatic heterocycles. The molecule has 7 heteroatoms. The molecule has 1 aromatic heterocycles. The van der Waals surface area contributed by atoms with E-state index >= 15 is 0 Å². The molecule has 0 spiro atoms. The summed E-state index contributed by atoms with van der Waals surface area (Å²) in [5.41, 5.74) is 0.842. The van der Waals surface area contributed by atoms with E-state index in [1.807, 2.05) is 6.92 Å². The van der Waals surface area contributed by atoms with Crippen molar-refractivity contribution in [3.8, 4) is 0 Å². The van der Waals surface area contributed by atoms with E-state index in [9.17, 15) is 8.42 Å². The Morgan fingerprint density at radius 2 is 2.11 bits per heavy atom. The van der Waals surface area contributed by atoms with Gasteiger partial charge in [0.25, 0.3) is 10.2 Å². The molecule has 1 aromatic rings. The standard InChI is InChI=1S/C11H18N4O2S/c1-8-6-7-12-11(13-8)10(9-4-5-9)14-18(16,17)15(2)3/h6-7,9-10,14H,4-5H2,1-3H3. The number of aromatic nitrogens is 2. The Kier molecular flexibility index (Phi) is 3.65. The van der Waals surface area contributed by atoms with Crippen LogP contribution in [0, 0.1) is 12.8 Å². The minimum absolute atomic E-state index is 0.307. The molecule has 18 heavy (non-hydrogen) atoms. The van der Waals surface area contributed by atoms with Crippen molar-refractivity contribution in [3.63, 3.8) is 0 Å². The van der Waals surface area contributed by atoms with Crippen LogP contribution in [0.4, 0.5) is 0 Å². The third kappa shape index (κ3) is 3.04. The van der Waals surface area contributed by atoms with Crippen LogP contribution in [0.1, 0.15) is 30.4 Å². The molecule has 1 unspecified atom stereocenters. The van der Waals surface area contributed by atoms with Crippen molar-refractivity contribution < 1.29 is 8.42 Å². The van der Waals surface area contributed by atoms with E-state index in [2.05, 4.69) is 14.7 Å². The van der Waals surface area contributed by atoms with Gasteiger partial charge in [-0.2, -0.15) is 17.4 Å². The van der Waals surface area contributed by atoms with Gasteiger partial charge < -0.3 is 0 Å². The van der Waals surface area contributed by atoms with Gasteiger partial charge in [0, 0.05) is 26.0 Å². The van der Waals surface area contributed by atoms with Gasteiger partial charge >= 0.3 is 0 Å². The molecule has 0 amide bonds. The van der Waals surface area contributed by atoms with E-state index in [-0.39, 0.29) is 6.04 Å². The highest BCUT2D eigenvalue weighted by molar-refractivity contribution is 7.87. The van der Waals surface area contributed by atoms with Crippen molar-refractivity contribution in [2.75, 3.05) is 14.1 Å². The van der Waals surface area contributed by atoms with Gasteiger partial charge in [-0.1, -0.05) is 0 Å². The maximum Gasteiger partial charge on any atom is 0.279 e. The minimum Gasteiger partial charge on any atom is -0.240 e. The summed E-state index contributed by atoms with van der Waals surface area (Å²) in [5, 5.41) is 0. The zero-order valence-corrected chi connectivity index (χ0v) is 11.6. The quantitative estimate of drug-likeness (QED) is 0.851. The van der Waals surface area contributed by atoms with E-state index in [4.69, 9.17) is 0 Å². The molecule has 1 N–H and O–H groups in total. The molecule has 100 valence electrons. The lowest BCUT2D eigenvalue weighted by Gasteiger charge is -2.20. The number of rotatable bonds is 5. The molecule has 1 heterocycles. The third-order valence-electron chi connectivity index (χ3n) is 2.94. The Hall–Kier alpha value is -1.05. The number of aryl methyl sites for hydroxylation is 1. The fourth-order valence-electron chi connectivity index (χ4n) is 1.67. The monoisotopic (exact) mass is 270 g/mol. The molecule has 1 fully saturated rings. The van der Waals surface area contributed by atoms with Crippen molar-refractivity contribution in [2.45, 2.75) is 25.8 Å². The number of nitrogens with zero attached hydrogens (tertiary/aromatic N) is 3. The normalized spacial score (nSPS) is 18.0. The van der Waals surface area contributed by atoms with Gasteiger partial charge in [-0.25, -0.2) is 9.97 Å². The zero-order valence-electron chi connectivity index (χ0n) is 10.8. The Morgan fingerprint density at radius 1 is 1.44 bits per heavy atom. The molecule has 0 bridgehead atoms.